The van der Waals surface area contributed by atoms with E-state index in [1.54, 1.807) is 5.57 Å². The Morgan fingerprint density at radius 1 is 0.867 bits per heavy atom. The van der Waals surface area contributed by atoms with E-state index in [4.69, 9.17) is 0 Å². The molecule has 0 bridgehead atoms. The number of hydrogen-bond donors (Lipinski definition) is 0. The Hall–Kier alpha value is -0.520. The van der Waals surface area contributed by atoms with Crippen molar-refractivity contribution < 1.29 is 0 Å². The topological polar surface area (TPSA) is 0 Å². The zero-order valence-electron chi connectivity index (χ0n) is 21.3. The van der Waals surface area contributed by atoms with Crippen LogP contribution in [0.4, 0.5) is 0 Å². The molecular formula is C30H48. The van der Waals surface area contributed by atoms with E-state index in [1.165, 1.54) is 57.8 Å². The maximum absolute atomic E-state index is 2.76. The van der Waals surface area contributed by atoms with Crippen molar-refractivity contribution in [3.8, 4) is 0 Å². The highest BCUT2D eigenvalue weighted by atomic mass is 14.7. The molecule has 5 aliphatic carbocycles. The molecule has 0 heteroatoms. The number of fused-ring (bicyclic) bond motifs is 6. The van der Waals surface area contributed by atoms with Gasteiger partial charge in [0.05, 0.1) is 0 Å². The summed E-state index contributed by atoms with van der Waals surface area (Å²) in [6, 6.07) is 0. The van der Waals surface area contributed by atoms with Crippen LogP contribution in [0.1, 0.15) is 113 Å². The molecule has 0 heterocycles. The van der Waals surface area contributed by atoms with E-state index >= 15 is 0 Å². The van der Waals surface area contributed by atoms with E-state index in [9.17, 15) is 0 Å². The van der Waals surface area contributed by atoms with Gasteiger partial charge in [-0.3, -0.25) is 0 Å². The first-order chi connectivity index (χ1) is 13.8. The summed E-state index contributed by atoms with van der Waals surface area (Å²) in [5.41, 5.74) is 5.95. The van der Waals surface area contributed by atoms with E-state index in [0.717, 1.165) is 23.7 Å². The zero-order chi connectivity index (χ0) is 21.7. The molecule has 0 aromatic heterocycles. The van der Waals surface area contributed by atoms with E-state index < -0.39 is 0 Å². The van der Waals surface area contributed by atoms with Crippen LogP contribution in [0.3, 0.4) is 0 Å². The molecule has 3 saturated carbocycles. The molecule has 0 saturated heterocycles. The molecule has 30 heavy (non-hydrogen) atoms. The Bertz CT molecular complexity index is 793. The zero-order valence-corrected chi connectivity index (χ0v) is 21.3. The first kappa shape index (κ1) is 21.3. The monoisotopic (exact) mass is 408 g/mol. The van der Waals surface area contributed by atoms with Crippen molar-refractivity contribution in [2.75, 3.05) is 0 Å². The highest BCUT2D eigenvalue weighted by Gasteiger charge is 2.64. The van der Waals surface area contributed by atoms with Gasteiger partial charge in [0, 0.05) is 0 Å². The van der Waals surface area contributed by atoms with Crippen molar-refractivity contribution in [3.63, 3.8) is 0 Å². The molecule has 168 valence electrons. The van der Waals surface area contributed by atoms with Crippen LogP contribution < -0.4 is 0 Å². The van der Waals surface area contributed by atoms with Crippen LogP contribution in [0.15, 0.2) is 23.3 Å². The number of hydrogen-bond acceptors (Lipinski definition) is 0. The summed E-state index contributed by atoms with van der Waals surface area (Å²) in [5, 5.41) is 0. The maximum Gasteiger partial charge on any atom is -0.00159 e. The third-order valence-electron chi connectivity index (χ3n) is 11.9. The fraction of sp³-hybridized carbons (Fsp3) is 0.867. The van der Waals surface area contributed by atoms with Crippen molar-refractivity contribution in [1.29, 1.82) is 0 Å². The molecular weight excluding hydrogens is 360 g/mol. The second-order valence-electron chi connectivity index (χ2n) is 14.6. The molecule has 0 aliphatic heterocycles. The van der Waals surface area contributed by atoms with Gasteiger partial charge >= 0.3 is 0 Å². The standard InChI is InChI=1S/C30H48/c1-20-18-26(2,3)19-22-21(20)12-16-29(7)23(22)10-11-25-28(6)15-9-14-27(4,5)24(28)13-17-30(25,29)8/h10-11,20-21,24-25H,9,12-19H2,1-8H3. The van der Waals surface area contributed by atoms with E-state index in [-0.39, 0.29) is 0 Å². The molecule has 7 unspecified atom stereocenters. The van der Waals surface area contributed by atoms with Crippen LogP contribution in [-0.4, -0.2) is 0 Å². The van der Waals surface area contributed by atoms with Crippen LogP contribution in [0.2, 0.25) is 0 Å². The Labute approximate surface area is 187 Å². The Kier molecular flexibility index (Phi) is 4.47. The summed E-state index contributed by atoms with van der Waals surface area (Å²) in [6.45, 7) is 20.9. The minimum absolute atomic E-state index is 0.376. The Morgan fingerprint density at radius 3 is 2.33 bits per heavy atom. The summed E-state index contributed by atoms with van der Waals surface area (Å²) in [7, 11) is 0. The van der Waals surface area contributed by atoms with Crippen LogP contribution in [0, 0.1) is 50.7 Å². The first-order valence-corrected chi connectivity index (χ1v) is 13.3. The van der Waals surface area contributed by atoms with Crippen LogP contribution >= 0.6 is 0 Å². The van der Waals surface area contributed by atoms with Gasteiger partial charge in [0.15, 0.2) is 0 Å². The van der Waals surface area contributed by atoms with Gasteiger partial charge in [0.1, 0.15) is 0 Å². The van der Waals surface area contributed by atoms with Gasteiger partial charge in [-0.15, -0.1) is 0 Å². The SMILES string of the molecule is CC1CC(C)(C)CC2=C3C=CC4C5(C)CCCC(C)(C)C5CCC4(C)C3(C)CCC21. The average molecular weight is 409 g/mol. The van der Waals surface area contributed by atoms with Gasteiger partial charge in [-0.05, 0) is 108 Å². The second kappa shape index (κ2) is 6.29. The fourth-order valence-electron chi connectivity index (χ4n) is 10.5. The molecule has 0 N–H and O–H groups in total. The third-order valence-corrected chi connectivity index (χ3v) is 11.9. The van der Waals surface area contributed by atoms with Crippen LogP contribution in [0.25, 0.3) is 0 Å². The maximum atomic E-state index is 2.76. The third kappa shape index (κ3) is 2.64. The molecule has 0 nitrogen and oxygen atoms in total. The smallest absolute Gasteiger partial charge is 0.00159 e. The van der Waals surface area contributed by atoms with Gasteiger partial charge in [0.25, 0.3) is 0 Å². The normalized spacial score (nSPS) is 51.5. The van der Waals surface area contributed by atoms with Gasteiger partial charge < -0.3 is 0 Å². The molecule has 0 spiro atoms. The fourth-order valence-corrected chi connectivity index (χ4v) is 10.5. The molecule has 5 aliphatic rings. The Balaban J connectivity index is 1.64. The van der Waals surface area contributed by atoms with E-state index in [0.29, 0.717) is 27.1 Å². The van der Waals surface area contributed by atoms with Gasteiger partial charge in [-0.1, -0.05) is 79.5 Å². The van der Waals surface area contributed by atoms with Crippen LogP contribution in [0.5, 0.6) is 0 Å². The van der Waals surface area contributed by atoms with Crippen molar-refractivity contribution in [3.05, 3.63) is 23.3 Å². The lowest BCUT2D eigenvalue weighted by atomic mass is 9.36. The van der Waals surface area contributed by atoms with Crippen molar-refractivity contribution in [1.82, 2.24) is 0 Å². The van der Waals surface area contributed by atoms with Crippen molar-refractivity contribution in [2.24, 2.45) is 50.7 Å². The number of rotatable bonds is 0. The minimum Gasteiger partial charge on any atom is -0.0800 e. The summed E-state index contributed by atoms with van der Waals surface area (Å²) in [4.78, 5) is 0. The van der Waals surface area contributed by atoms with Gasteiger partial charge in [-0.2, -0.15) is 0 Å². The second-order valence-corrected chi connectivity index (χ2v) is 14.6. The predicted molar refractivity (Wildman–Crippen MR) is 129 cm³/mol. The van der Waals surface area contributed by atoms with E-state index in [2.05, 4.69) is 67.5 Å². The predicted octanol–water partition coefficient (Wildman–Crippen LogP) is 8.97. The Morgan fingerprint density at radius 2 is 1.60 bits per heavy atom. The molecule has 7 atom stereocenters. The lowest BCUT2D eigenvalue weighted by Crippen LogP contribution is -2.60. The average Bonchev–Trinajstić information content (AvgIpc) is 2.60. The first-order valence-electron chi connectivity index (χ1n) is 13.3. The summed E-state index contributed by atoms with van der Waals surface area (Å²) in [5.74, 6) is 3.35. The number of allylic oxidation sites excluding steroid dienone is 4. The summed E-state index contributed by atoms with van der Waals surface area (Å²) in [6.07, 6.45) is 18.2. The highest BCUT2D eigenvalue weighted by Crippen LogP contribution is 2.73. The highest BCUT2D eigenvalue weighted by molar-refractivity contribution is 5.44. The minimum atomic E-state index is 0.376. The van der Waals surface area contributed by atoms with Crippen LogP contribution in [-0.2, 0) is 0 Å². The van der Waals surface area contributed by atoms with Gasteiger partial charge in [0.2, 0.25) is 0 Å². The lowest BCUT2D eigenvalue weighted by Gasteiger charge is -2.68. The molecule has 0 radical (unpaired) electrons. The summed E-state index contributed by atoms with van der Waals surface area (Å²) >= 11 is 0. The van der Waals surface area contributed by atoms with E-state index in [1.807, 2.05) is 5.57 Å². The molecule has 0 aromatic rings. The van der Waals surface area contributed by atoms with Crippen molar-refractivity contribution >= 4 is 0 Å². The largest absolute Gasteiger partial charge is 0.0800 e. The van der Waals surface area contributed by atoms with Crippen molar-refractivity contribution in [2.45, 2.75) is 113 Å². The quantitative estimate of drug-likeness (QED) is 0.375. The van der Waals surface area contributed by atoms with Gasteiger partial charge in [-0.25, -0.2) is 0 Å². The lowest BCUT2D eigenvalue weighted by molar-refractivity contribution is -0.150. The molecule has 0 amide bonds. The summed E-state index contributed by atoms with van der Waals surface area (Å²) < 4.78 is 0. The molecule has 0 aromatic carbocycles. The molecule has 5 rings (SSSR count). The molecule has 3 fully saturated rings.